The van der Waals surface area contributed by atoms with Gasteiger partial charge in [0.25, 0.3) is 5.69 Å². The van der Waals surface area contributed by atoms with E-state index >= 15 is 0 Å². The first-order valence-electron chi connectivity index (χ1n) is 4.27. The van der Waals surface area contributed by atoms with Crippen molar-refractivity contribution in [2.24, 2.45) is 0 Å². The molecule has 2 rings (SSSR count). The molecule has 0 saturated heterocycles. The molecule has 0 spiro atoms. The topological polar surface area (TPSA) is 115 Å². The van der Waals surface area contributed by atoms with Crippen molar-refractivity contribution in [2.75, 3.05) is 5.73 Å². The Balaban J connectivity index is 2.60. The Morgan fingerprint density at radius 3 is 2.81 bits per heavy atom. The van der Waals surface area contributed by atoms with Crippen LogP contribution in [0.5, 0.6) is 5.75 Å². The molecule has 3 N–H and O–H groups in total. The molecule has 16 heavy (non-hydrogen) atoms. The fourth-order valence-electron chi connectivity index (χ4n) is 1.27. The van der Waals surface area contributed by atoms with Crippen LogP contribution in [0.25, 0.3) is 11.3 Å². The number of nitrogen functional groups attached to an aromatic ring is 1. The van der Waals surface area contributed by atoms with Crippen LogP contribution in [-0.4, -0.2) is 15.2 Å². The Morgan fingerprint density at radius 1 is 1.50 bits per heavy atom. The third-order valence-electron chi connectivity index (χ3n) is 2.03. The van der Waals surface area contributed by atoms with E-state index in [1.54, 1.807) is 0 Å². The molecular weight excluding hydrogens is 214 g/mol. The second kappa shape index (κ2) is 3.54. The lowest BCUT2D eigenvalue weighted by molar-refractivity contribution is -0.384. The first kappa shape index (κ1) is 9.97. The fraction of sp³-hybridized carbons (Fsp3) is 0. The van der Waals surface area contributed by atoms with E-state index in [-0.39, 0.29) is 28.4 Å². The Kier molecular flexibility index (Phi) is 2.20. The van der Waals surface area contributed by atoms with E-state index in [9.17, 15) is 15.2 Å². The zero-order chi connectivity index (χ0) is 11.7. The van der Waals surface area contributed by atoms with E-state index in [4.69, 9.17) is 10.3 Å². The normalized spacial score (nSPS) is 10.2. The minimum absolute atomic E-state index is 0.112. The van der Waals surface area contributed by atoms with E-state index in [0.29, 0.717) is 0 Å². The van der Waals surface area contributed by atoms with Crippen LogP contribution in [0.3, 0.4) is 0 Å². The second-order valence-electron chi connectivity index (χ2n) is 3.07. The van der Waals surface area contributed by atoms with Gasteiger partial charge in [0.1, 0.15) is 11.4 Å². The van der Waals surface area contributed by atoms with Gasteiger partial charge in [0.05, 0.1) is 16.7 Å². The predicted octanol–water partition coefficient (Wildman–Crippen LogP) is 1.54. The summed E-state index contributed by atoms with van der Waals surface area (Å²) in [5.74, 6) is -0.0461. The lowest BCUT2D eigenvalue weighted by Crippen LogP contribution is -1.90. The van der Waals surface area contributed by atoms with Gasteiger partial charge in [0.2, 0.25) is 0 Å². The van der Waals surface area contributed by atoms with Gasteiger partial charge in [-0.05, 0) is 6.07 Å². The molecule has 0 atom stereocenters. The predicted molar refractivity (Wildman–Crippen MR) is 54.7 cm³/mol. The number of anilines is 1. The summed E-state index contributed by atoms with van der Waals surface area (Å²) in [5, 5.41) is 23.5. The average Bonchev–Trinajstić information content (AvgIpc) is 2.65. The Bertz CT molecular complexity index is 549. The van der Waals surface area contributed by atoms with Crippen molar-refractivity contribution in [1.29, 1.82) is 0 Å². The van der Waals surface area contributed by atoms with Gasteiger partial charge in [-0.15, -0.1) is 0 Å². The average molecular weight is 221 g/mol. The summed E-state index contributed by atoms with van der Waals surface area (Å²) in [5.41, 5.74) is 5.71. The van der Waals surface area contributed by atoms with Crippen LogP contribution in [0, 0.1) is 10.1 Å². The number of rotatable bonds is 2. The maximum absolute atomic E-state index is 10.6. The minimum Gasteiger partial charge on any atom is -0.507 e. The van der Waals surface area contributed by atoms with E-state index < -0.39 is 4.92 Å². The summed E-state index contributed by atoms with van der Waals surface area (Å²) in [6, 6.07) is 3.56. The molecule has 0 bridgehead atoms. The van der Waals surface area contributed by atoms with Crippen LogP contribution >= 0.6 is 0 Å². The summed E-state index contributed by atoms with van der Waals surface area (Å²) in [4.78, 5) is 9.99. The number of nitro groups is 1. The van der Waals surface area contributed by atoms with Crippen LogP contribution in [0.2, 0.25) is 0 Å². The van der Waals surface area contributed by atoms with Crippen molar-refractivity contribution in [3.05, 3.63) is 34.5 Å². The van der Waals surface area contributed by atoms with E-state index in [0.717, 1.165) is 0 Å². The van der Waals surface area contributed by atoms with E-state index in [1.165, 1.54) is 24.4 Å². The van der Waals surface area contributed by atoms with Crippen molar-refractivity contribution in [1.82, 2.24) is 5.16 Å². The number of phenolic OH excluding ortho intramolecular Hbond substituents is 1. The quantitative estimate of drug-likeness (QED) is 0.586. The molecule has 82 valence electrons. The van der Waals surface area contributed by atoms with Gasteiger partial charge < -0.3 is 15.4 Å². The lowest BCUT2D eigenvalue weighted by Gasteiger charge is -2.01. The van der Waals surface area contributed by atoms with E-state index in [1.807, 2.05) is 0 Å². The summed E-state index contributed by atoms with van der Waals surface area (Å²) in [7, 11) is 0. The van der Waals surface area contributed by atoms with Crippen LogP contribution in [-0.2, 0) is 0 Å². The molecule has 0 fully saturated rings. The fourth-order valence-corrected chi connectivity index (χ4v) is 1.27. The van der Waals surface area contributed by atoms with Crippen molar-refractivity contribution in [2.45, 2.75) is 0 Å². The van der Waals surface area contributed by atoms with Crippen molar-refractivity contribution in [3.8, 4) is 17.1 Å². The number of nitrogens with zero attached hydrogens (tertiary/aromatic N) is 2. The van der Waals surface area contributed by atoms with Crippen LogP contribution < -0.4 is 5.73 Å². The van der Waals surface area contributed by atoms with Gasteiger partial charge in [-0.2, -0.15) is 0 Å². The molecule has 7 nitrogen and oxygen atoms in total. The Hall–Kier alpha value is -2.57. The Morgan fingerprint density at radius 2 is 2.25 bits per heavy atom. The largest absolute Gasteiger partial charge is 0.507 e. The molecule has 0 aliphatic carbocycles. The SMILES string of the molecule is Nc1cnoc1-c1cc([N+](=O)[O-])ccc1O. The second-order valence-corrected chi connectivity index (χ2v) is 3.07. The molecular formula is C9H7N3O4. The lowest BCUT2D eigenvalue weighted by atomic mass is 10.1. The van der Waals surface area contributed by atoms with Crippen LogP contribution in [0.1, 0.15) is 0 Å². The smallest absolute Gasteiger partial charge is 0.270 e. The third-order valence-corrected chi connectivity index (χ3v) is 2.03. The summed E-state index contributed by atoms with van der Waals surface area (Å²) in [6.07, 6.45) is 1.26. The first-order valence-corrected chi connectivity index (χ1v) is 4.27. The molecule has 0 aliphatic rings. The Labute approximate surface area is 89.2 Å². The van der Waals surface area contributed by atoms with Crippen molar-refractivity contribution < 1.29 is 14.6 Å². The number of hydrogen-bond acceptors (Lipinski definition) is 6. The molecule has 0 unspecified atom stereocenters. The van der Waals surface area contributed by atoms with Gasteiger partial charge in [0, 0.05) is 12.1 Å². The highest BCUT2D eigenvalue weighted by Crippen LogP contribution is 2.35. The first-order chi connectivity index (χ1) is 7.59. The van der Waals surface area contributed by atoms with Crippen molar-refractivity contribution in [3.63, 3.8) is 0 Å². The highest BCUT2D eigenvalue weighted by atomic mass is 16.6. The highest BCUT2D eigenvalue weighted by Gasteiger charge is 2.16. The van der Waals surface area contributed by atoms with Crippen LogP contribution in [0.15, 0.2) is 28.9 Å². The summed E-state index contributed by atoms with van der Waals surface area (Å²) < 4.78 is 4.81. The maximum atomic E-state index is 10.6. The molecule has 2 aromatic rings. The molecule has 1 heterocycles. The molecule has 1 aromatic carbocycles. The van der Waals surface area contributed by atoms with Gasteiger partial charge >= 0.3 is 0 Å². The van der Waals surface area contributed by atoms with Gasteiger partial charge in [-0.3, -0.25) is 10.1 Å². The third kappa shape index (κ3) is 1.54. The number of aromatic hydroxyl groups is 1. The standard InChI is InChI=1S/C9H7N3O4/c10-7-4-11-16-9(7)6-3-5(12(14)15)1-2-8(6)13/h1-4,13H,10H2. The highest BCUT2D eigenvalue weighted by molar-refractivity contribution is 5.76. The molecule has 1 aromatic heterocycles. The molecule has 0 saturated carbocycles. The number of non-ortho nitro benzene ring substituents is 1. The molecule has 7 heteroatoms. The monoisotopic (exact) mass is 221 g/mol. The number of benzene rings is 1. The van der Waals surface area contributed by atoms with E-state index in [2.05, 4.69) is 5.16 Å². The summed E-state index contributed by atoms with van der Waals surface area (Å²) >= 11 is 0. The van der Waals surface area contributed by atoms with Gasteiger partial charge in [0.15, 0.2) is 5.76 Å². The minimum atomic E-state index is -0.574. The zero-order valence-electron chi connectivity index (χ0n) is 7.95. The molecule has 0 aliphatic heterocycles. The number of hydrogen-bond donors (Lipinski definition) is 2. The van der Waals surface area contributed by atoms with Gasteiger partial charge in [-0.1, -0.05) is 5.16 Å². The molecule has 0 radical (unpaired) electrons. The maximum Gasteiger partial charge on any atom is 0.270 e. The number of nitro benzene ring substituents is 1. The number of nitrogens with two attached hydrogens (primary N) is 1. The summed E-state index contributed by atoms with van der Waals surface area (Å²) in [6.45, 7) is 0. The van der Waals surface area contributed by atoms with Crippen LogP contribution in [0.4, 0.5) is 11.4 Å². The number of phenols is 1. The number of aromatic nitrogens is 1. The van der Waals surface area contributed by atoms with Crippen molar-refractivity contribution >= 4 is 11.4 Å². The van der Waals surface area contributed by atoms with Gasteiger partial charge in [-0.25, -0.2) is 0 Å². The molecule has 0 amide bonds. The zero-order valence-corrected chi connectivity index (χ0v) is 7.95.